The molecule has 1 atom stereocenters. The maximum atomic E-state index is 6.33. The van der Waals surface area contributed by atoms with Crippen LogP contribution in [-0.2, 0) is 0 Å². The molecule has 0 fully saturated rings. The molecular formula is C17H31N3O. The Morgan fingerprint density at radius 3 is 2.29 bits per heavy atom. The van der Waals surface area contributed by atoms with Gasteiger partial charge in [0, 0.05) is 12.6 Å². The van der Waals surface area contributed by atoms with Crippen molar-refractivity contribution in [3.63, 3.8) is 0 Å². The first-order valence-corrected chi connectivity index (χ1v) is 7.92. The molecule has 1 unspecified atom stereocenters. The van der Waals surface area contributed by atoms with E-state index in [0.29, 0.717) is 6.61 Å². The first kappa shape index (κ1) is 18.0. The average molecular weight is 293 g/mol. The van der Waals surface area contributed by atoms with Crippen molar-refractivity contribution in [2.45, 2.75) is 26.3 Å². The molecule has 0 aliphatic rings. The van der Waals surface area contributed by atoms with Gasteiger partial charge in [0.25, 0.3) is 0 Å². The number of ether oxygens (including phenoxy) is 1. The third kappa shape index (κ3) is 6.93. The van der Waals surface area contributed by atoms with Crippen LogP contribution in [0.4, 0.5) is 0 Å². The maximum absolute atomic E-state index is 6.33. The highest BCUT2D eigenvalue weighted by Gasteiger charge is 2.11. The second-order valence-corrected chi connectivity index (χ2v) is 5.66. The summed E-state index contributed by atoms with van der Waals surface area (Å²) in [6.45, 7) is 9.04. The van der Waals surface area contributed by atoms with E-state index >= 15 is 0 Å². The van der Waals surface area contributed by atoms with Crippen molar-refractivity contribution >= 4 is 0 Å². The summed E-state index contributed by atoms with van der Waals surface area (Å²) in [7, 11) is 4.23. The fourth-order valence-corrected chi connectivity index (χ4v) is 2.35. The molecule has 0 amide bonds. The molecule has 4 nitrogen and oxygen atoms in total. The lowest BCUT2D eigenvalue weighted by Gasteiger charge is -2.25. The van der Waals surface area contributed by atoms with Gasteiger partial charge in [0.05, 0.1) is 6.61 Å². The highest BCUT2D eigenvalue weighted by molar-refractivity contribution is 5.29. The summed E-state index contributed by atoms with van der Waals surface area (Å²) in [4.78, 5) is 4.64. The van der Waals surface area contributed by atoms with Crippen LogP contribution in [0.3, 0.4) is 0 Å². The van der Waals surface area contributed by atoms with Crippen molar-refractivity contribution in [1.82, 2.24) is 9.80 Å². The van der Waals surface area contributed by atoms with E-state index in [2.05, 4.69) is 43.0 Å². The van der Waals surface area contributed by atoms with Crippen molar-refractivity contribution in [3.8, 4) is 5.75 Å². The average Bonchev–Trinajstić information content (AvgIpc) is 2.46. The molecule has 0 saturated carbocycles. The Morgan fingerprint density at radius 2 is 1.76 bits per heavy atom. The van der Waals surface area contributed by atoms with Gasteiger partial charge < -0.3 is 20.3 Å². The number of nitrogens with zero attached hydrogens (tertiary/aromatic N) is 2. The number of benzene rings is 1. The Hall–Kier alpha value is -1.10. The normalized spacial score (nSPS) is 12.9. The van der Waals surface area contributed by atoms with E-state index in [4.69, 9.17) is 10.5 Å². The van der Waals surface area contributed by atoms with Crippen LogP contribution in [-0.4, -0.2) is 56.7 Å². The molecule has 0 heterocycles. The molecule has 0 aromatic heterocycles. The summed E-state index contributed by atoms with van der Waals surface area (Å²) in [6, 6.07) is 8.20. The number of hydrogen-bond acceptors (Lipinski definition) is 4. The summed E-state index contributed by atoms with van der Waals surface area (Å²) in [5.41, 5.74) is 7.50. The third-order valence-corrected chi connectivity index (χ3v) is 3.60. The van der Waals surface area contributed by atoms with E-state index in [-0.39, 0.29) is 6.04 Å². The standard InChI is InChI=1S/C17H31N3O/c1-5-20(13-7-12-19(3)4)14-17(18)15-8-10-16(11-9-15)21-6-2/h8-11,17H,5-7,12-14,18H2,1-4H3. The fraction of sp³-hybridized carbons (Fsp3) is 0.647. The molecule has 4 heteroatoms. The number of nitrogens with two attached hydrogens (primary N) is 1. The van der Waals surface area contributed by atoms with E-state index < -0.39 is 0 Å². The van der Waals surface area contributed by atoms with E-state index in [0.717, 1.165) is 31.9 Å². The molecule has 0 saturated heterocycles. The zero-order valence-corrected chi connectivity index (χ0v) is 14.0. The molecule has 0 aliphatic carbocycles. The minimum absolute atomic E-state index is 0.0555. The predicted molar refractivity (Wildman–Crippen MR) is 89.8 cm³/mol. The van der Waals surface area contributed by atoms with Gasteiger partial charge in [-0.3, -0.25) is 0 Å². The molecule has 1 aromatic carbocycles. The van der Waals surface area contributed by atoms with Gasteiger partial charge in [-0.2, -0.15) is 0 Å². The Balaban J connectivity index is 2.47. The first-order valence-electron chi connectivity index (χ1n) is 7.92. The van der Waals surface area contributed by atoms with Crippen LogP contribution in [0, 0.1) is 0 Å². The largest absolute Gasteiger partial charge is 0.494 e. The van der Waals surface area contributed by atoms with Crippen molar-refractivity contribution in [1.29, 1.82) is 0 Å². The molecule has 120 valence electrons. The van der Waals surface area contributed by atoms with Crippen molar-refractivity contribution in [3.05, 3.63) is 29.8 Å². The molecule has 0 spiro atoms. The summed E-state index contributed by atoms with van der Waals surface area (Å²) in [5.74, 6) is 0.909. The molecule has 2 N–H and O–H groups in total. The van der Waals surface area contributed by atoms with Gasteiger partial charge in [0.15, 0.2) is 0 Å². The smallest absolute Gasteiger partial charge is 0.119 e. The summed E-state index contributed by atoms with van der Waals surface area (Å²) in [5, 5.41) is 0. The van der Waals surface area contributed by atoms with E-state index in [9.17, 15) is 0 Å². The molecule has 1 aromatic rings. The molecule has 0 radical (unpaired) electrons. The van der Waals surface area contributed by atoms with Gasteiger partial charge in [-0.05, 0) is 64.8 Å². The minimum Gasteiger partial charge on any atom is -0.494 e. The third-order valence-electron chi connectivity index (χ3n) is 3.60. The fourth-order valence-electron chi connectivity index (χ4n) is 2.35. The van der Waals surface area contributed by atoms with Gasteiger partial charge in [0.1, 0.15) is 5.75 Å². The number of rotatable bonds is 10. The van der Waals surface area contributed by atoms with E-state index in [1.807, 2.05) is 19.1 Å². The van der Waals surface area contributed by atoms with Crippen LogP contribution < -0.4 is 10.5 Å². The quantitative estimate of drug-likeness (QED) is 0.719. The van der Waals surface area contributed by atoms with Gasteiger partial charge >= 0.3 is 0 Å². The van der Waals surface area contributed by atoms with Crippen molar-refractivity contribution in [2.24, 2.45) is 5.73 Å². The van der Waals surface area contributed by atoms with Crippen LogP contribution in [0.2, 0.25) is 0 Å². The minimum atomic E-state index is 0.0555. The molecule has 1 rings (SSSR count). The molecule has 21 heavy (non-hydrogen) atoms. The Kier molecular flexibility index (Phi) is 8.35. The lowest BCUT2D eigenvalue weighted by Crippen LogP contribution is -2.34. The van der Waals surface area contributed by atoms with Crippen molar-refractivity contribution in [2.75, 3.05) is 46.9 Å². The van der Waals surface area contributed by atoms with Crippen LogP contribution in [0.1, 0.15) is 31.9 Å². The summed E-state index contributed by atoms with van der Waals surface area (Å²) >= 11 is 0. The SMILES string of the molecule is CCOc1ccc(C(N)CN(CC)CCCN(C)C)cc1. The molecule has 0 aliphatic heterocycles. The van der Waals surface area contributed by atoms with E-state index in [1.54, 1.807) is 0 Å². The van der Waals surface area contributed by atoms with Crippen LogP contribution in [0.25, 0.3) is 0 Å². The second-order valence-electron chi connectivity index (χ2n) is 5.66. The van der Waals surface area contributed by atoms with Gasteiger partial charge in [-0.15, -0.1) is 0 Å². The second kappa shape index (κ2) is 9.77. The molecular weight excluding hydrogens is 262 g/mol. The zero-order chi connectivity index (χ0) is 15.7. The Bertz CT molecular complexity index is 378. The van der Waals surface area contributed by atoms with Gasteiger partial charge in [0.2, 0.25) is 0 Å². The van der Waals surface area contributed by atoms with Crippen LogP contribution >= 0.6 is 0 Å². The van der Waals surface area contributed by atoms with Gasteiger partial charge in [-0.1, -0.05) is 19.1 Å². The highest BCUT2D eigenvalue weighted by Crippen LogP contribution is 2.17. The number of likely N-dealkylation sites (N-methyl/N-ethyl adjacent to an activating group) is 1. The predicted octanol–water partition coefficient (Wildman–Crippen LogP) is 2.36. The van der Waals surface area contributed by atoms with Crippen LogP contribution in [0.15, 0.2) is 24.3 Å². The Labute approximate surface area is 129 Å². The zero-order valence-electron chi connectivity index (χ0n) is 14.0. The summed E-state index contributed by atoms with van der Waals surface area (Å²) < 4.78 is 5.46. The Morgan fingerprint density at radius 1 is 1.10 bits per heavy atom. The van der Waals surface area contributed by atoms with E-state index in [1.165, 1.54) is 12.0 Å². The summed E-state index contributed by atoms with van der Waals surface area (Å²) in [6.07, 6.45) is 1.18. The first-order chi connectivity index (χ1) is 10.1. The van der Waals surface area contributed by atoms with Crippen LogP contribution in [0.5, 0.6) is 5.75 Å². The molecule has 0 bridgehead atoms. The lowest BCUT2D eigenvalue weighted by molar-refractivity contribution is 0.252. The topological polar surface area (TPSA) is 41.7 Å². The lowest BCUT2D eigenvalue weighted by atomic mass is 10.1. The highest BCUT2D eigenvalue weighted by atomic mass is 16.5. The van der Waals surface area contributed by atoms with Gasteiger partial charge in [-0.25, -0.2) is 0 Å². The number of hydrogen-bond donors (Lipinski definition) is 1. The maximum Gasteiger partial charge on any atom is 0.119 e. The van der Waals surface area contributed by atoms with Crippen molar-refractivity contribution < 1.29 is 4.74 Å². The monoisotopic (exact) mass is 293 g/mol.